The molecule has 0 fully saturated rings. The summed E-state index contributed by atoms with van der Waals surface area (Å²) in [4.78, 5) is 9.49. The molecular weight excluding hydrogens is 242 g/mol. The van der Waals surface area contributed by atoms with E-state index in [0.29, 0.717) is 5.88 Å². The van der Waals surface area contributed by atoms with Gasteiger partial charge in [-0.1, -0.05) is 0 Å². The van der Waals surface area contributed by atoms with Crippen LogP contribution in [0, 0.1) is 0 Å². The first kappa shape index (κ1) is 9.81. The number of aromatic nitrogens is 3. The van der Waals surface area contributed by atoms with Gasteiger partial charge in [0.05, 0.1) is 17.3 Å². The van der Waals surface area contributed by atoms with Crippen molar-refractivity contribution in [2.24, 2.45) is 0 Å². The normalized spacial score (nSPS) is 11.1. The summed E-state index contributed by atoms with van der Waals surface area (Å²) in [7, 11) is 0. The van der Waals surface area contributed by atoms with Crippen LogP contribution in [0.2, 0.25) is 0 Å². The van der Waals surface area contributed by atoms with E-state index >= 15 is 0 Å². The second-order valence-electron chi connectivity index (χ2n) is 3.38. The fourth-order valence-corrected chi connectivity index (χ4v) is 2.65. The summed E-state index contributed by atoms with van der Waals surface area (Å²) in [5.74, 6) is 0.445. The molecule has 3 heterocycles. The smallest absolute Gasteiger partial charge is 0.194 e. The van der Waals surface area contributed by atoms with E-state index in [1.807, 2.05) is 24.5 Å². The maximum atomic E-state index is 5.77. The third-order valence-corrected chi connectivity index (χ3v) is 3.47. The summed E-state index contributed by atoms with van der Waals surface area (Å²) >= 11 is 7.38. The van der Waals surface area contributed by atoms with Crippen molar-refractivity contribution in [1.29, 1.82) is 0 Å². The van der Waals surface area contributed by atoms with Crippen molar-refractivity contribution in [2.75, 3.05) is 0 Å². The van der Waals surface area contributed by atoms with E-state index in [1.165, 1.54) is 0 Å². The molecule has 0 aliphatic rings. The summed E-state index contributed by atoms with van der Waals surface area (Å²) in [6.45, 7) is 0. The van der Waals surface area contributed by atoms with Crippen LogP contribution in [0.5, 0.6) is 0 Å². The van der Waals surface area contributed by atoms with Gasteiger partial charge in [-0.3, -0.25) is 9.38 Å². The highest BCUT2D eigenvalue weighted by Gasteiger charge is 2.08. The molecule has 3 aromatic rings. The Bertz CT molecular complexity index is 614. The maximum Gasteiger partial charge on any atom is 0.194 e. The van der Waals surface area contributed by atoms with E-state index in [2.05, 4.69) is 19.7 Å². The van der Waals surface area contributed by atoms with E-state index in [0.717, 1.165) is 21.9 Å². The predicted octanol–water partition coefficient (Wildman–Crippen LogP) is 3.20. The van der Waals surface area contributed by atoms with Crippen LogP contribution in [0.3, 0.4) is 0 Å². The molecular formula is C11H8ClN3S. The first-order valence-corrected chi connectivity index (χ1v) is 6.22. The maximum absolute atomic E-state index is 5.77. The molecule has 0 unspecified atom stereocenters. The summed E-state index contributed by atoms with van der Waals surface area (Å²) < 4.78 is 2.05. The standard InChI is InChI=1S/C11H8ClN3S/c12-4-9-6-15-10(7-16-11(15)14-9)8-2-1-3-13-5-8/h1-3,5-7H,4H2. The fourth-order valence-electron chi connectivity index (χ4n) is 1.62. The number of imidazole rings is 1. The number of hydrogen-bond acceptors (Lipinski definition) is 3. The van der Waals surface area contributed by atoms with Gasteiger partial charge in [0.15, 0.2) is 4.96 Å². The molecule has 0 saturated heterocycles. The lowest BCUT2D eigenvalue weighted by atomic mass is 10.2. The minimum absolute atomic E-state index is 0.445. The molecule has 80 valence electrons. The second kappa shape index (κ2) is 3.88. The zero-order valence-electron chi connectivity index (χ0n) is 8.30. The summed E-state index contributed by atoms with van der Waals surface area (Å²) in [6, 6.07) is 3.97. The van der Waals surface area contributed by atoms with Crippen LogP contribution < -0.4 is 0 Å². The van der Waals surface area contributed by atoms with Gasteiger partial charge < -0.3 is 0 Å². The minimum atomic E-state index is 0.445. The van der Waals surface area contributed by atoms with Crippen molar-refractivity contribution in [2.45, 2.75) is 5.88 Å². The molecule has 3 rings (SSSR count). The summed E-state index contributed by atoms with van der Waals surface area (Å²) in [6.07, 6.45) is 5.59. The van der Waals surface area contributed by atoms with Gasteiger partial charge in [0.1, 0.15) is 0 Å². The molecule has 0 radical (unpaired) electrons. The number of rotatable bonds is 2. The van der Waals surface area contributed by atoms with Crippen molar-refractivity contribution in [3.8, 4) is 11.3 Å². The average Bonchev–Trinajstić information content (AvgIpc) is 2.88. The Labute approximate surface area is 101 Å². The van der Waals surface area contributed by atoms with E-state index < -0.39 is 0 Å². The van der Waals surface area contributed by atoms with Gasteiger partial charge in [-0.15, -0.1) is 22.9 Å². The molecule has 0 amide bonds. The summed E-state index contributed by atoms with van der Waals surface area (Å²) in [5.41, 5.74) is 3.10. The lowest BCUT2D eigenvalue weighted by Gasteiger charge is -1.97. The van der Waals surface area contributed by atoms with Gasteiger partial charge in [-0.25, -0.2) is 4.98 Å². The molecule has 0 aliphatic heterocycles. The number of fused-ring (bicyclic) bond motifs is 1. The molecule has 0 saturated carbocycles. The Hall–Kier alpha value is -1.39. The lowest BCUT2D eigenvalue weighted by molar-refractivity contribution is 1.20. The zero-order chi connectivity index (χ0) is 11.0. The highest BCUT2D eigenvalue weighted by molar-refractivity contribution is 7.15. The Balaban J connectivity index is 2.20. The number of halogens is 1. The largest absolute Gasteiger partial charge is 0.290 e. The van der Waals surface area contributed by atoms with Crippen LogP contribution in [0.15, 0.2) is 36.1 Å². The number of hydrogen-bond donors (Lipinski definition) is 0. The second-order valence-corrected chi connectivity index (χ2v) is 4.48. The van der Waals surface area contributed by atoms with Gasteiger partial charge in [-0.2, -0.15) is 0 Å². The number of alkyl halides is 1. The molecule has 3 aromatic heterocycles. The van der Waals surface area contributed by atoms with Gasteiger partial charge in [0.25, 0.3) is 0 Å². The average molecular weight is 250 g/mol. The third-order valence-electron chi connectivity index (χ3n) is 2.35. The van der Waals surface area contributed by atoms with Crippen molar-refractivity contribution >= 4 is 27.9 Å². The Morgan fingerprint density at radius 1 is 1.44 bits per heavy atom. The SMILES string of the molecule is ClCc1cn2c(-c3cccnc3)csc2n1. The minimum Gasteiger partial charge on any atom is -0.290 e. The molecule has 5 heteroatoms. The van der Waals surface area contributed by atoms with E-state index in [1.54, 1.807) is 17.5 Å². The Kier molecular flexibility index (Phi) is 2.38. The van der Waals surface area contributed by atoms with Crippen LogP contribution in [0.4, 0.5) is 0 Å². The number of nitrogens with zero attached hydrogens (tertiary/aromatic N) is 3. The highest BCUT2D eigenvalue weighted by Crippen LogP contribution is 2.25. The summed E-state index contributed by atoms with van der Waals surface area (Å²) in [5, 5.41) is 2.08. The Morgan fingerprint density at radius 3 is 3.12 bits per heavy atom. The molecule has 0 aromatic carbocycles. The van der Waals surface area contributed by atoms with Crippen LogP contribution in [0.1, 0.15) is 5.69 Å². The van der Waals surface area contributed by atoms with Crippen molar-refractivity contribution in [3.05, 3.63) is 41.8 Å². The molecule has 0 bridgehead atoms. The fraction of sp³-hybridized carbons (Fsp3) is 0.0909. The Morgan fingerprint density at radius 2 is 2.38 bits per heavy atom. The van der Waals surface area contributed by atoms with Gasteiger partial charge in [0.2, 0.25) is 0 Å². The van der Waals surface area contributed by atoms with E-state index in [9.17, 15) is 0 Å². The van der Waals surface area contributed by atoms with Gasteiger partial charge >= 0.3 is 0 Å². The number of pyridine rings is 1. The number of thiazole rings is 1. The topological polar surface area (TPSA) is 30.2 Å². The third kappa shape index (κ3) is 1.50. The van der Waals surface area contributed by atoms with Gasteiger partial charge in [0, 0.05) is 29.5 Å². The molecule has 3 nitrogen and oxygen atoms in total. The monoisotopic (exact) mass is 249 g/mol. The first-order chi connectivity index (χ1) is 7.88. The highest BCUT2D eigenvalue weighted by atomic mass is 35.5. The van der Waals surface area contributed by atoms with Crippen LogP contribution >= 0.6 is 22.9 Å². The predicted molar refractivity (Wildman–Crippen MR) is 65.9 cm³/mol. The van der Waals surface area contributed by atoms with Crippen LogP contribution in [0.25, 0.3) is 16.2 Å². The van der Waals surface area contributed by atoms with E-state index in [4.69, 9.17) is 11.6 Å². The van der Waals surface area contributed by atoms with Crippen molar-refractivity contribution in [1.82, 2.24) is 14.4 Å². The van der Waals surface area contributed by atoms with Crippen molar-refractivity contribution in [3.63, 3.8) is 0 Å². The van der Waals surface area contributed by atoms with Gasteiger partial charge in [-0.05, 0) is 12.1 Å². The zero-order valence-corrected chi connectivity index (χ0v) is 9.87. The molecule has 0 N–H and O–H groups in total. The van der Waals surface area contributed by atoms with Crippen LogP contribution in [-0.4, -0.2) is 14.4 Å². The van der Waals surface area contributed by atoms with Crippen LogP contribution in [-0.2, 0) is 5.88 Å². The molecule has 0 spiro atoms. The van der Waals surface area contributed by atoms with E-state index in [-0.39, 0.29) is 0 Å². The molecule has 0 aliphatic carbocycles. The molecule has 16 heavy (non-hydrogen) atoms. The first-order valence-electron chi connectivity index (χ1n) is 4.80. The lowest BCUT2D eigenvalue weighted by Crippen LogP contribution is -1.84. The molecule has 0 atom stereocenters. The quantitative estimate of drug-likeness (QED) is 0.653. The van der Waals surface area contributed by atoms with Crippen molar-refractivity contribution < 1.29 is 0 Å².